The van der Waals surface area contributed by atoms with Gasteiger partial charge in [0.05, 0.1) is 10.1 Å². The van der Waals surface area contributed by atoms with E-state index in [1.807, 2.05) is 18.2 Å². The minimum atomic E-state index is -3.65. The second-order valence-corrected chi connectivity index (χ2v) is 12.4. The first-order valence-electron chi connectivity index (χ1n) is 12.5. The monoisotopic (exact) mass is 495 g/mol. The minimum absolute atomic E-state index is 0.0234. The second-order valence-electron chi connectivity index (χ2n) is 10.0. The lowest BCUT2D eigenvalue weighted by atomic mass is 10.2. The molecule has 2 aromatic carbocycles. The zero-order valence-electron chi connectivity index (χ0n) is 20.2. The average Bonchev–Trinajstić information content (AvgIpc) is 3.63. The van der Waals surface area contributed by atoms with Gasteiger partial charge in [-0.1, -0.05) is 30.3 Å². The van der Waals surface area contributed by atoms with Crippen LogP contribution in [0.1, 0.15) is 37.3 Å². The molecule has 0 N–H and O–H groups in total. The van der Waals surface area contributed by atoms with Crippen LogP contribution in [0, 0.1) is 5.92 Å². The Balaban J connectivity index is 1.18. The van der Waals surface area contributed by atoms with E-state index < -0.39 is 15.1 Å². The third kappa shape index (κ3) is 5.14. The molecule has 0 spiro atoms. The summed E-state index contributed by atoms with van der Waals surface area (Å²) in [5.74, 6) is 0.181. The van der Waals surface area contributed by atoms with Crippen LogP contribution in [0.3, 0.4) is 0 Å². The standard InChI is InChI=1S/C27H33N3O4S/c1-20(17-26(31)29-15-13-28(14-16-29)19-21-5-3-2-4-6-21)35(33,34)24-9-10-25-23(18-24)11-12-30(25)27(32)22-7-8-22/h2-6,9-10,18,20,22H,7-8,11-17,19H2,1H3. The summed E-state index contributed by atoms with van der Waals surface area (Å²) in [6, 6.07) is 15.3. The van der Waals surface area contributed by atoms with E-state index in [1.165, 1.54) is 5.56 Å². The summed E-state index contributed by atoms with van der Waals surface area (Å²) >= 11 is 0. The maximum Gasteiger partial charge on any atom is 0.230 e. The van der Waals surface area contributed by atoms with Crippen LogP contribution in [-0.4, -0.2) is 68.0 Å². The molecule has 3 aliphatic rings. The quantitative estimate of drug-likeness (QED) is 0.590. The summed E-state index contributed by atoms with van der Waals surface area (Å²) < 4.78 is 26.6. The molecule has 1 aliphatic carbocycles. The highest BCUT2D eigenvalue weighted by molar-refractivity contribution is 7.92. The van der Waals surface area contributed by atoms with Crippen molar-refractivity contribution in [3.63, 3.8) is 0 Å². The molecule has 1 saturated heterocycles. The zero-order chi connectivity index (χ0) is 24.6. The maximum atomic E-state index is 13.3. The molecule has 8 heteroatoms. The molecule has 1 atom stereocenters. The van der Waals surface area contributed by atoms with Crippen LogP contribution in [0.5, 0.6) is 0 Å². The Labute approximate surface area is 207 Å². The fraction of sp³-hybridized carbons (Fsp3) is 0.481. The number of carbonyl (C=O) groups excluding carboxylic acids is 2. The van der Waals surface area contributed by atoms with E-state index >= 15 is 0 Å². The van der Waals surface area contributed by atoms with Crippen LogP contribution < -0.4 is 4.90 Å². The molecule has 0 bridgehead atoms. The molecule has 5 rings (SSSR count). The van der Waals surface area contributed by atoms with Gasteiger partial charge >= 0.3 is 0 Å². The van der Waals surface area contributed by atoms with Crippen molar-refractivity contribution in [1.29, 1.82) is 0 Å². The molecule has 0 radical (unpaired) electrons. The fourth-order valence-electron chi connectivity index (χ4n) is 5.05. The van der Waals surface area contributed by atoms with Crippen molar-refractivity contribution in [2.45, 2.75) is 49.3 Å². The van der Waals surface area contributed by atoms with Gasteiger partial charge in [0, 0.05) is 57.3 Å². The average molecular weight is 496 g/mol. The van der Waals surface area contributed by atoms with Gasteiger partial charge in [0.15, 0.2) is 9.84 Å². The Hall–Kier alpha value is -2.71. The van der Waals surface area contributed by atoms with E-state index in [9.17, 15) is 18.0 Å². The van der Waals surface area contributed by atoms with Crippen molar-refractivity contribution in [3.05, 3.63) is 59.7 Å². The first-order valence-corrected chi connectivity index (χ1v) is 14.1. The Morgan fingerprint density at radius 1 is 0.971 bits per heavy atom. The largest absolute Gasteiger partial charge is 0.340 e. The van der Waals surface area contributed by atoms with Crippen LogP contribution >= 0.6 is 0 Å². The Morgan fingerprint density at radius 3 is 2.37 bits per heavy atom. The molecule has 2 fully saturated rings. The van der Waals surface area contributed by atoms with Gasteiger partial charge in [-0.25, -0.2) is 8.42 Å². The van der Waals surface area contributed by atoms with Gasteiger partial charge < -0.3 is 9.80 Å². The van der Waals surface area contributed by atoms with Gasteiger partial charge in [-0.2, -0.15) is 0 Å². The summed E-state index contributed by atoms with van der Waals surface area (Å²) in [6.07, 6.45) is 2.54. The lowest BCUT2D eigenvalue weighted by Crippen LogP contribution is -2.49. The molecule has 2 amide bonds. The van der Waals surface area contributed by atoms with Crippen LogP contribution in [0.15, 0.2) is 53.4 Å². The lowest BCUT2D eigenvalue weighted by molar-refractivity contribution is -0.133. The van der Waals surface area contributed by atoms with Crippen LogP contribution in [0.25, 0.3) is 0 Å². The van der Waals surface area contributed by atoms with Crippen LogP contribution in [-0.2, 0) is 32.4 Å². The molecule has 2 aromatic rings. The molecule has 1 unspecified atom stereocenters. The highest BCUT2D eigenvalue weighted by Crippen LogP contribution is 2.37. The molecule has 186 valence electrons. The van der Waals surface area contributed by atoms with Crippen molar-refractivity contribution < 1.29 is 18.0 Å². The normalized spacial score (nSPS) is 19.5. The van der Waals surface area contributed by atoms with E-state index in [2.05, 4.69) is 17.0 Å². The van der Waals surface area contributed by atoms with Crippen molar-refractivity contribution in [2.75, 3.05) is 37.6 Å². The predicted octanol–water partition coefficient (Wildman–Crippen LogP) is 2.88. The maximum absolute atomic E-state index is 13.3. The number of benzene rings is 2. The van der Waals surface area contributed by atoms with Gasteiger partial charge in [0.2, 0.25) is 11.8 Å². The first-order chi connectivity index (χ1) is 16.8. The van der Waals surface area contributed by atoms with Crippen molar-refractivity contribution in [1.82, 2.24) is 9.80 Å². The van der Waals surface area contributed by atoms with Crippen LogP contribution in [0.4, 0.5) is 5.69 Å². The summed E-state index contributed by atoms with van der Waals surface area (Å²) in [5, 5.41) is -0.805. The number of hydrogen-bond donors (Lipinski definition) is 0. The number of rotatable bonds is 7. The summed E-state index contributed by atoms with van der Waals surface area (Å²) in [6.45, 7) is 5.87. The molecule has 2 heterocycles. The van der Waals surface area contributed by atoms with E-state index in [0.717, 1.165) is 43.7 Å². The molecule has 7 nitrogen and oxygen atoms in total. The number of amides is 2. The predicted molar refractivity (Wildman–Crippen MR) is 135 cm³/mol. The molecular formula is C27H33N3O4S. The number of nitrogens with zero attached hydrogens (tertiary/aromatic N) is 3. The minimum Gasteiger partial charge on any atom is -0.340 e. The smallest absolute Gasteiger partial charge is 0.230 e. The van der Waals surface area contributed by atoms with Gasteiger partial charge in [-0.3, -0.25) is 14.5 Å². The highest BCUT2D eigenvalue weighted by Gasteiger charge is 2.37. The summed E-state index contributed by atoms with van der Waals surface area (Å²) in [5.41, 5.74) is 2.98. The molecule has 1 saturated carbocycles. The second kappa shape index (κ2) is 9.74. The summed E-state index contributed by atoms with van der Waals surface area (Å²) in [7, 11) is -3.65. The number of anilines is 1. The fourth-order valence-corrected chi connectivity index (χ4v) is 6.44. The van der Waals surface area contributed by atoms with E-state index in [1.54, 1.807) is 34.9 Å². The SMILES string of the molecule is CC(CC(=O)N1CCN(Cc2ccccc2)CC1)S(=O)(=O)c1ccc2c(c1)CCN2C(=O)C1CC1. The van der Waals surface area contributed by atoms with E-state index in [-0.39, 0.29) is 29.0 Å². The van der Waals surface area contributed by atoms with E-state index in [0.29, 0.717) is 26.1 Å². The van der Waals surface area contributed by atoms with Gasteiger partial charge in [0.25, 0.3) is 0 Å². The molecule has 0 aromatic heterocycles. The van der Waals surface area contributed by atoms with Gasteiger partial charge in [0.1, 0.15) is 0 Å². The Kier molecular flexibility index (Phi) is 6.68. The highest BCUT2D eigenvalue weighted by atomic mass is 32.2. The topological polar surface area (TPSA) is 78.0 Å². The van der Waals surface area contributed by atoms with E-state index in [4.69, 9.17) is 0 Å². The number of sulfone groups is 1. The number of hydrogen-bond acceptors (Lipinski definition) is 5. The lowest BCUT2D eigenvalue weighted by Gasteiger charge is -2.35. The first kappa shape index (κ1) is 24.0. The molecule has 2 aliphatic heterocycles. The van der Waals surface area contributed by atoms with Gasteiger partial charge in [-0.15, -0.1) is 0 Å². The van der Waals surface area contributed by atoms with Crippen molar-refractivity contribution in [3.8, 4) is 0 Å². The molecule has 35 heavy (non-hydrogen) atoms. The third-order valence-electron chi connectivity index (χ3n) is 7.43. The summed E-state index contributed by atoms with van der Waals surface area (Å²) in [4.78, 5) is 31.6. The van der Waals surface area contributed by atoms with Crippen molar-refractivity contribution >= 4 is 27.3 Å². The number of piperazine rings is 1. The third-order valence-corrected chi connectivity index (χ3v) is 9.57. The van der Waals surface area contributed by atoms with Crippen LogP contribution in [0.2, 0.25) is 0 Å². The zero-order valence-corrected chi connectivity index (χ0v) is 21.0. The molecular weight excluding hydrogens is 462 g/mol. The number of carbonyl (C=O) groups is 2. The number of fused-ring (bicyclic) bond motifs is 1. The van der Waals surface area contributed by atoms with Gasteiger partial charge in [-0.05, 0) is 55.5 Å². The Morgan fingerprint density at radius 2 is 1.69 bits per heavy atom. The van der Waals surface area contributed by atoms with Crippen molar-refractivity contribution in [2.24, 2.45) is 5.92 Å². The Bertz CT molecular complexity index is 1200.